The Morgan fingerprint density at radius 2 is 2.09 bits per heavy atom. The van der Waals surface area contributed by atoms with Crippen LogP contribution in [0.1, 0.15) is 31.4 Å². The van der Waals surface area contributed by atoms with Gasteiger partial charge in [-0.15, -0.1) is 12.4 Å². The molecule has 2 N–H and O–H groups in total. The molecule has 23 heavy (non-hydrogen) atoms. The first kappa shape index (κ1) is 20.5. The molecular weight excluding hydrogens is 342 g/mol. The van der Waals surface area contributed by atoms with E-state index in [-0.39, 0.29) is 30.8 Å². The van der Waals surface area contributed by atoms with E-state index in [0.29, 0.717) is 18.1 Å². The highest BCUT2D eigenvalue weighted by Gasteiger charge is 2.24. The maximum absolute atomic E-state index is 14.3. The van der Waals surface area contributed by atoms with Gasteiger partial charge < -0.3 is 15.2 Å². The summed E-state index contributed by atoms with van der Waals surface area (Å²) < 4.78 is 19.5. The second-order valence-corrected chi connectivity index (χ2v) is 5.82. The highest BCUT2D eigenvalue weighted by Crippen LogP contribution is 2.35. The van der Waals surface area contributed by atoms with E-state index < -0.39 is 5.82 Å². The zero-order valence-electron chi connectivity index (χ0n) is 13.4. The molecule has 1 fully saturated rings. The van der Waals surface area contributed by atoms with Gasteiger partial charge in [-0.3, -0.25) is 4.90 Å². The Balaban J connectivity index is 0.00000264. The Bertz CT molecular complexity index is 462. The van der Waals surface area contributed by atoms with Crippen LogP contribution in [0.2, 0.25) is 5.02 Å². The molecule has 0 amide bonds. The average Bonchev–Trinajstić information content (AvgIpc) is 2.52. The van der Waals surface area contributed by atoms with Crippen LogP contribution in [0.5, 0.6) is 5.75 Å². The molecule has 2 rings (SSSR count). The topological polar surface area (TPSA) is 44.7 Å². The number of rotatable bonds is 7. The van der Waals surface area contributed by atoms with Gasteiger partial charge in [0.05, 0.1) is 11.6 Å². The van der Waals surface area contributed by atoms with E-state index in [1.807, 2.05) is 0 Å². The van der Waals surface area contributed by atoms with Gasteiger partial charge in [-0.25, -0.2) is 4.39 Å². The summed E-state index contributed by atoms with van der Waals surface area (Å²) in [4.78, 5) is 2.32. The van der Waals surface area contributed by atoms with Crippen LogP contribution in [0.15, 0.2) is 12.1 Å². The van der Waals surface area contributed by atoms with Crippen LogP contribution in [-0.2, 0) is 0 Å². The van der Waals surface area contributed by atoms with Crippen molar-refractivity contribution in [1.82, 2.24) is 10.2 Å². The van der Waals surface area contributed by atoms with Crippen LogP contribution in [0, 0.1) is 5.82 Å². The number of hydrogen-bond donors (Lipinski definition) is 2. The fraction of sp³-hybridized carbons (Fsp3) is 0.625. The second kappa shape index (κ2) is 10.3. The van der Waals surface area contributed by atoms with Crippen molar-refractivity contribution >= 4 is 24.0 Å². The van der Waals surface area contributed by atoms with Crippen molar-refractivity contribution in [1.29, 1.82) is 0 Å². The molecule has 1 saturated heterocycles. The number of benzene rings is 1. The lowest BCUT2D eigenvalue weighted by atomic mass is 9.99. The van der Waals surface area contributed by atoms with Crippen molar-refractivity contribution in [3.05, 3.63) is 28.5 Å². The summed E-state index contributed by atoms with van der Waals surface area (Å²) in [6, 6.07) is 3.37. The molecule has 0 aromatic heterocycles. The van der Waals surface area contributed by atoms with Gasteiger partial charge in [-0.05, 0) is 37.5 Å². The minimum Gasteiger partial charge on any atom is -0.489 e. The number of ether oxygens (including phenoxy) is 1. The molecule has 4 nitrogen and oxygen atoms in total. The largest absolute Gasteiger partial charge is 0.489 e. The first-order valence-electron chi connectivity index (χ1n) is 7.84. The normalized spacial score (nSPS) is 16.7. The van der Waals surface area contributed by atoms with Crippen molar-refractivity contribution in [3.8, 4) is 5.75 Å². The van der Waals surface area contributed by atoms with E-state index in [9.17, 15) is 4.39 Å². The SMILES string of the molecule is CCOc1c(F)cc([C@H](CCCO)N2CCNCC2)cc1Cl.Cl. The van der Waals surface area contributed by atoms with Gasteiger partial charge in [0.25, 0.3) is 0 Å². The fourth-order valence-corrected chi connectivity index (χ4v) is 3.16. The predicted octanol–water partition coefficient (Wildman–Crippen LogP) is 3.02. The minimum absolute atomic E-state index is 0. The lowest BCUT2D eigenvalue weighted by Crippen LogP contribution is -2.45. The Morgan fingerprint density at radius 3 is 2.65 bits per heavy atom. The molecular formula is C16H25Cl2FN2O2. The van der Waals surface area contributed by atoms with Crippen LogP contribution < -0.4 is 10.1 Å². The lowest BCUT2D eigenvalue weighted by molar-refractivity contribution is 0.154. The fourth-order valence-electron chi connectivity index (χ4n) is 2.89. The van der Waals surface area contributed by atoms with Gasteiger partial charge in [-0.1, -0.05) is 11.6 Å². The molecule has 0 bridgehead atoms. The Labute approximate surface area is 148 Å². The van der Waals surface area contributed by atoms with Crippen molar-refractivity contribution < 1.29 is 14.2 Å². The third-order valence-corrected chi connectivity index (χ3v) is 4.20. The molecule has 132 valence electrons. The van der Waals surface area contributed by atoms with Gasteiger partial charge in [0.1, 0.15) is 0 Å². The van der Waals surface area contributed by atoms with Crippen LogP contribution in [0.3, 0.4) is 0 Å². The highest BCUT2D eigenvalue weighted by molar-refractivity contribution is 6.32. The number of aliphatic hydroxyl groups is 1. The van der Waals surface area contributed by atoms with E-state index in [0.717, 1.165) is 38.2 Å². The Kier molecular flexibility index (Phi) is 9.17. The Hall–Kier alpha value is -0.590. The van der Waals surface area contributed by atoms with Crippen molar-refractivity contribution in [3.63, 3.8) is 0 Å². The molecule has 0 aliphatic carbocycles. The van der Waals surface area contributed by atoms with E-state index >= 15 is 0 Å². The maximum Gasteiger partial charge on any atom is 0.173 e. The summed E-state index contributed by atoms with van der Waals surface area (Å²) >= 11 is 6.19. The molecule has 1 atom stereocenters. The quantitative estimate of drug-likeness (QED) is 0.778. The third kappa shape index (κ3) is 5.47. The second-order valence-electron chi connectivity index (χ2n) is 5.41. The average molecular weight is 367 g/mol. The van der Waals surface area contributed by atoms with Crippen LogP contribution >= 0.6 is 24.0 Å². The summed E-state index contributed by atoms with van der Waals surface area (Å²) in [5.74, 6) is -0.303. The summed E-state index contributed by atoms with van der Waals surface area (Å²) in [6.07, 6.45) is 1.46. The monoisotopic (exact) mass is 366 g/mol. The first-order valence-corrected chi connectivity index (χ1v) is 8.22. The summed E-state index contributed by atoms with van der Waals surface area (Å²) in [7, 11) is 0. The van der Waals surface area contributed by atoms with Gasteiger partial charge >= 0.3 is 0 Å². The summed E-state index contributed by atoms with van der Waals surface area (Å²) in [5, 5.41) is 12.8. The molecule has 1 aliphatic heterocycles. The van der Waals surface area contributed by atoms with Gasteiger partial charge in [0.2, 0.25) is 0 Å². The summed E-state index contributed by atoms with van der Waals surface area (Å²) in [6.45, 7) is 5.96. The van der Waals surface area contributed by atoms with Crippen molar-refractivity contribution in [2.24, 2.45) is 0 Å². The molecule has 1 aromatic rings. The number of nitrogens with zero attached hydrogens (tertiary/aromatic N) is 1. The smallest absolute Gasteiger partial charge is 0.173 e. The molecule has 0 radical (unpaired) electrons. The van der Waals surface area contributed by atoms with Gasteiger partial charge in [0, 0.05) is 38.8 Å². The number of aliphatic hydroxyl groups excluding tert-OH is 1. The number of nitrogens with one attached hydrogen (secondary N) is 1. The van der Waals surface area contributed by atoms with Crippen molar-refractivity contribution in [2.75, 3.05) is 39.4 Å². The van der Waals surface area contributed by atoms with Crippen LogP contribution in [0.25, 0.3) is 0 Å². The lowest BCUT2D eigenvalue weighted by Gasteiger charge is -2.35. The predicted molar refractivity (Wildman–Crippen MR) is 93.3 cm³/mol. The number of halogens is 3. The molecule has 1 heterocycles. The third-order valence-electron chi connectivity index (χ3n) is 3.92. The van der Waals surface area contributed by atoms with Crippen LogP contribution in [0.4, 0.5) is 4.39 Å². The van der Waals surface area contributed by atoms with Crippen LogP contribution in [-0.4, -0.2) is 49.4 Å². The van der Waals surface area contributed by atoms with Gasteiger partial charge in [-0.2, -0.15) is 0 Å². The van der Waals surface area contributed by atoms with E-state index in [1.54, 1.807) is 13.0 Å². The zero-order valence-corrected chi connectivity index (χ0v) is 14.9. The molecule has 0 spiro atoms. The summed E-state index contributed by atoms with van der Waals surface area (Å²) in [5.41, 5.74) is 0.848. The minimum atomic E-state index is -0.423. The highest BCUT2D eigenvalue weighted by atomic mass is 35.5. The van der Waals surface area contributed by atoms with Crippen molar-refractivity contribution in [2.45, 2.75) is 25.8 Å². The standard InChI is InChI=1S/C16H24ClFN2O2.ClH/c1-2-22-16-13(17)10-12(11-14(16)18)15(4-3-9-21)20-7-5-19-6-8-20;/h10-11,15,19,21H,2-9H2,1H3;1H/t15-;/m0./s1. The molecule has 0 saturated carbocycles. The molecule has 1 aliphatic rings. The van der Waals surface area contributed by atoms with E-state index in [2.05, 4.69) is 10.2 Å². The van der Waals surface area contributed by atoms with E-state index in [4.69, 9.17) is 21.4 Å². The first-order chi connectivity index (χ1) is 10.7. The number of hydrogen-bond acceptors (Lipinski definition) is 4. The molecule has 0 unspecified atom stereocenters. The number of piperazine rings is 1. The molecule has 7 heteroatoms. The maximum atomic E-state index is 14.3. The van der Waals surface area contributed by atoms with Gasteiger partial charge in [0.15, 0.2) is 11.6 Å². The molecule has 1 aromatic carbocycles. The van der Waals surface area contributed by atoms with E-state index in [1.165, 1.54) is 6.07 Å². The zero-order chi connectivity index (χ0) is 15.9. The Morgan fingerprint density at radius 1 is 1.39 bits per heavy atom.